The van der Waals surface area contributed by atoms with Gasteiger partial charge in [0.05, 0.1) is 16.9 Å². The zero-order valence-corrected chi connectivity index (χ0v) is 14.8. The van der Waals surface area contributed by atoms with E-state index in [1.54, 1.807) is 12.1 Å². The molecule has 26 heavy (non-hydrogen) atoms. The third-order valence-electron chi connectivity index (χ3n) is 4.31. The lowest BCUT2D eigenvalue weighted by molar-refractivity contribution is 0.0696. The number of nitrogens with zero attached hydrogens (tertiary/aromatic N) is 1. The molecule has 0 atom stereocenters. The van der Waals surface area contributed by atoms with Gasteiger partial charge in [-0.05, 0) is 49.6 Å². The fraction of sp³-hybridized carbons (Fsp3) is 0.278. The van der Waals surface area contributed by atoms with Crippen LogP contribution < -0.4 is 9.62 Å². The molecule has 2 N–H and O–H groups in total. The molecule has 0 amide bonds. The monoisotopic (exact) mass is 378 g/mol. The van der Waals surface area contributed by atoms with Crippen molar-refractivity contribution >= 4 is 27.4 Å². The molecule has 1 heterocycles. The largest absolute Gasteiger partial charge is 0.478 e. The molecule has 0 aromatic heterocycles. The Hall–Kier alpha value is -2.61. The van der Waals surface area contributed by atoms with Crippen LogP contribution in [0.5, 0.6) is 0 Å². The predicted molar refractivity (Wildman–Crippen MR) is 96.7 cm³/mol. The highest BCUT2D eigenvalue weighted by atomic mass is 32.2. The van der Waals surface area contributed by atoms with Gasteiger partial charge in [0.15, 0.2) is 0 Å². The van der Waals surface area contributed by atoms with Gasteiger partial charge in [0, 0.05) is 13.1 Å². The van der Waals surface area contributed by atoms with Crippen molar-refractivity contribution in [2.24, 2.45) is 0 Å². The lowest BCUT2D eigenvalue weighted by Crippen LogP contribution is -2.30. The van der Waals surface area contributed by atoms with E-state index in [1.165, 1.54) is 0 Å². The molecular weight excluding hydrogens is 359 g/mol. The summed E-state index contributed by atoms with van der Waals surface area (Å²) in [5.41, 5.74) is 0.774. The minimum Gasteiger partial charge on any atom is -0.478 e. The average Bonchev–Trinajstić information content (AvgIpc) is 2.62. The van der Waals surface area contributed by atoms with Gasteiger partial charge in [-0.1, -0.05) is 12.1 Å². The summed E-state index contributed by atoms with van der Waals surface area (Å²) in [4.78, 5) is 12.5. The number of benzene rings is 2. The van der Waals surface area contributed by atoms with E-state index in [4.69, 9.17) is 5.11 Å². The zero-order valence-electron chi connectivity index (χ0n) is 14.0. The molecule has 1 aliphatic heterocycles. The summed E-state index contributed by atoms with van der Waals surface area (Å²) >= 11 is 0. The Labute approximate surface area is 151 Å². The molecule has 0 saturated carbocycles. The Morgan fingerprint density at radius 3 is 2.46 bits per heavy atom. The van der Waals surface area contributed by atoms with E-state index in [9.17, 15) is 17.6 Å². The van der Waals surface area contributed by atoms with Crippen LogP contribution in [0, 0.1) is 5.82 Å². The van der Waals surface area contributed by atoms with Gasteiger partial charge in [0.25, 0.3) is 10.0 Å². The highest BCUT2D eigenvalue weighted by Gasteiger charge is 2.23. The number of carbonyl (C=O) groups is 1. The normalized spacial score (nSPS) is 14.9. The van der Waals surface area contributed by atoms with Crippen LogP contribution >= 0.6 is 0 Å². The van der Waals surface area contributed by atoms with Crippen LogP contribution in [0.15, 0.2) is 47.4 Å². The van der Waals surface area contributed by atoms with Crippen molar-refractivity contribution in [3.05, 3.63) is 53.8 Å². The Bertz CT molecular complexity index is 925. The summed E-state index contributed by atoms with van der Waals surface area (Å²) in [7, 11) is -4.28. The number of hydrogen-bond donors (Lipinski definition) is 2. The van der Waals surface area contributed by atoms with Crippen LogP contribution in [-0.2, 0) is 10.0 Å². The number of para-hydroxylation sites is 2. The second kappa shape index (κ2) is 7.33. The van der Waals surface area contributed by atoms with E-state index >= 15 is 0 Å². The Balaban J connectivity index is 1.96. The summed E-state index contributed by atoms with van der Waals surface area (Å²) in [5.74, 6) is -2.33. The summed E-state index contributed by atoms with van der Waals surface area (Å²) in [5, 5.41) is 9.03. The molecule has 0 unspecified atom stereocenters. The fourth-order valence-corrected chi connectivity index (χ4v) is 4.19. The second-order valence-corrected chi connectivity index (χ2v) is 7.77. The summed E-state index contributed by atoms with van der Waals surface area (Å²) in [6, 6.07) is 9.62. The SMILES string of the molecule is O=C(O)c1ccc(F)c(S(=O)(=O)Nc2ccccc2N2CCCCC2)c1. The van der Waals surface area contributed by atoms with E-state index in [1.807, 2.05) is 12.1 Å². The number of rotatable bonds is 5. The van der Waals surface area contributed by atoms with Crippen LogP contribution in [0.25, 0.3) is 0 Å². The maximum atomic E-state index is 14.1. The van der Waals surface area contributed by atoms with Crippen molar-refractivity contribution in [3.8, 4) is 0 Å². The maximum absolute atomic E-state index is 14.1. The Kier molecular flexibility index (Phi) is 5.13. The molecule has 3 rings (SSSR count). The van der Waals surface area contributed by atoms with Gasteiger partial charge in [0.1, 0.15) is 10.7 Å². The number of anilines is 2. The second-order valence-electron chi connectivity index (χ2n) is 6.12. The van der Waals surface area contributed by atoms with E-state index in [2.05, 4.69) is 9.62 Å². The molecule has 0 spiro atoms. The first-order valence-electron chi connectivity index (χ1n) is 8.28. The van der Waals surface area contributed by atoms with Crippen LogP contribution in [-0.4, -0.2) is 32.6 Å². The number of hydrogen-bond acceptors (Lipinski definition) is 4. The molecule has 6 nitrogen and oxygen atoms in total. The van der Waals surface area contributed by atoms with Crippen molar-refractivity contribution in [2.75, 3.05) is 22.7 Å². The first-order chi connectivity index (χ1) is 12.4. The van der Waals surface area contributed by atoms with E-state index < -0.39 is 26.7 Å². The molecule has 1 saturated heterocycles. The van der Waals surface area contributed by atoms with Crippen LogP contribution in [0.3, 0.4) is 0 Å². The van der Waals surface area contributed by atoms with Crippen molar-refractivity contribution in [2.45, 2.75) is 24.2 Å². The lowest BCUT2D eigenvalue weighted by atomic mass is 10.1. The first-order valence-corrected chi connectivity index (χ1v) is 9.76. The number of carboxylic acids is 1. The van der Waals surface area contributed by atoms with E-state index in [-0.39, 0.29) is 5.56 Å². The number of nitrogens with one attached hydrogen (secondary N) is 1. The Morgan fingerprint density at radius 1 is 1.08 bits per heavy atom. The lowest BCUT2D eigenvalue weighted by Gasteiger charge is -2.30. The van der Waals surface area contributed by atoms with E-state index in [0.29, 0.717) is 5.69 Å². The molecule has 138 valence electrons. The molecule has 1 aliphatic rings. The van der Waals surface area contributed by atoms with Crippen molar-refractivity contribution in [1.82, 2.24) is 0 Å². The van der Waals surface area contributed by atoms with Crippen molar-refractivity contribution in [3.63, 3.8) is 0 Å². The smallest absolute Gasteiger partial charge is 0.335 e. The van der Waals surface area contributed by atoms with Gasteiger partial charge in [-0.2, -0.15) is 0 Å². The standard InChI is InChI=1S/C18H19FN2O4S/c19-14-9-8-13(18(22)23)12-17(14)26(24,25)20-15-6-2-3-7-16(15)21-10-4-1-5-11-21/h2-3,6-9,12,20H,1,4-5,10-11H2,(H,22,23). The Morgan fingerprint density at radius 2 is 1.77 bits per heavy atom. The van der Waals surface area contributed by atoms with Crippen molar-refractivity contribution in [1.29, 1.82) is 0 Å². The highest BCUT2D eigenvalue weighted by Crippen LogP contribution is 2.30. The van der Waals surface area contributed by atoms with Gasteiger partial charge in [-0.25, -0.2) is 17.6 Å². The van der Waals surface area contributed by atoms with Crippen LogP contribution in [0.2, 0.25) is 0 Å². The zero-order chi connectivity index (χ0) is 18.7. The number of aromatic carboxylic acids is 1. The minimum atomic E-state index is -4.28. The minimum absolute atomic E-state index is 0.295. The number of halogens is 1. The summed E-state index contributed by atoms with van der Waals surface area (Å²) in [6.07, 6.45) is 3.18. The fourth-order valence-electron chi connectivity index (χ4n) is 3.01. The van der Waals surface area contributed by atoms with Gasteiger partial charge in [0.2, 0.25) is 0 Å². The van der Waals surface area contributed by atoms with Gasteiger partial charge < -0.3 is 10.0 Å². The molecule has 0 aliphatic carbocycles. The summed E-state index contributed by atoms with van der Waals surface area (Å²) < 4.78 is 41.8. The molecule has 2 aromatic rings. The molecule has 1 fully saturated rings. The number of sulfonamides is 1. The molecule has 2 aromatic carbocycles. The number of carboxylic acid groups (broad SMARTS) is 1. The summed E-state index contributed by atoms with van der Waals surface area (Å²) in [6.45, 7) is 1.64. The third-order valence-corrected chi connectivity index (χ3v) is 5.69. The highest BCUT2D eigenvalue weighted by molar-refractivity contribution is 7.92. The topological polar surface area (TPSA) is 86.7 Å². The van der Waals surface area contributed by atoms with Crippen LogP contribution in [0.1, 0.15) is 29.6 Å². The predicted octanol–water partition coefficient (Wildman–Crippen LogP) is 3.32. The average molecular weight is 378 g/mol. The molecule has 0 bridgehead atoms. The van der Waals surface area contributed by atoms with Gasteiger partial charge in [-0.15, -0.1) is 0 Å². The van der Waals surface area contributed by atoms with Crippen LogP contribution in [0.4, 0.5) is 15.8 Å². The van der Waals surface area contributed by atoms with Gasteiger partial charge >= 0.3 is 5.97 Å². The first kappa shape index (κ1) is 18.2. The van der Waals surface area contributed by atoms with Gasteiger partial charge in [-0.3, -0.25) is 4.72 Å². The van der Waals surface area contributed by atoms with E-state index in [0.717, 1.165) is 56.2 Å². The quantitative estimate of drug-likeness (QED) is 0.834. The van der Waals surface area contributed by atoms with Crippen molar-refractivity contribution < 1.29 is 22.7 Å². The molecular formula is C18H19FN2O4S. The third kappa shape index (κ3) is 3.80. The maximum Gasteiger partial charge on any atom is 0.335 e. The molecule has 8 heteroatoms. The molecule has 0 radical (unpaired) electrons. The number of piperidine rings is 1.